The number of methoxy groups -OCH3 is 2. The Kier molecular flexibility index (Phi) is 7.66. The molecule has 0 atom stereocenters. The van der Waals surface area contributed by atoms with Crippen LogP contribution in [0.25, 0.3) is 11.0 Å². The SMILES string of the molecule is COc1ccccc1S(=O)(=O)Nc1noc2cc(Cn3cc(CNS(=O)(=O)c4ccc(F)cc4)cn3)cc(OC)c12. The molecule has 0 saturated carbocycles. The quantitative estimate of drug-likeness (QED) is 0.231. The summed E-state index contributed by atoms with van der Waals surface area (Å²) in [6.45, 7) is 0.236. The van der Waals surface area contributed by atoms with Crippen LogP contribution in [-0.4, -0.2) is 46.0 Å². The number of para-hydroxylation sites is 1. The average molecular weight is 602 g/mol. The highest BCUT2D eigenvalue weighted by Gasteiger charge is 2.24. The molecular weight excluding hydrogens is 577 g/mol. The lowest BCUT2D eigenvalue weighted by atomic mass is 10.1. The molecule has 0 spiro atoms. The summed E-state index contributed by atoms with van der Waals surface area (Å²) in [6.07, 6.45) is 3.18. The summed E-state index contributed by atoms with van der Waals surface area (Å²) in [5, 5.41) is 8.51. The van der Waals surface area contributed by atoms with Crippen molar-refractivity contribution in [1.29, 1.82) is 0 Å². The molecule has 5 aromatic rings. The lowest BCUT2D eigenvalue weighted by Gasteiger charge is -2.11. The number of benzene rings is 3. The Morgan fingerprint density at radius 3 is 2.39 bits per heavy atom. The van der Waals surface area contributed by atoms with E-state index in [1.54, 1.807) is 35.1 Å². The van der Waals surface area contributed by atoms with Crippen LogP contribution >= 0.6 is 0 Å². The molecule has 0 unspecified atom stereocenters. The van der Waals surface area contributed by atoms with Crippen molar-refractivity contribution < 1.29 is 35.2 Å². The Balaban J connectivity index is 1.33. The Hall–Kier alpha value is -4.47. The second-order valence-corrected chi connectivity index (χ2v) is 12.2. The second-order valence-electron chi connectivity index (χ2n) is 8.78. The summed E-state index contributed by atoms with van der Waals surface area (Å²) < 4.78 is 86.8. The van der Waals surface area contributed by atoms with Crippen LogP contribution in [0.15, 0.2) is 87.4 Å². The number of rotatable bonds is 11. The van der Waals surface area contributed by atoms with Crippen molar-refractivity contribution in [3.63, 3.8) is 0 Å². The van der Waals surface area contributed by atoms with Gasteiger partial charge < -0.3 is 14.0 Å². The number of nitrogens with zero attached hydrogens (tertiary/aromatic N) is 3. The Morgan fingerprint density at radius 1 is 0.927 bits per heavy atom. The molecule has 0 fully saturated rings. The fourth-order valence-electron chi connectivity index (χ4n) is 4.08. The minimum atomic E-state index is -4.07. The molecule has 2 heterocycles. The van der Waals surface area contributed by atoms with Crippen molar-refractivity contribution in [3.8, 4) is 11.5 Å². The zero-order chi connectivity index (χ0) is 29.2. The summed E-state index contributed by atoms with van der Waals surface area (Å²) in [5.41, 5.74) is 1.57. The number of ether oxygens (including phenoxy) is 2. The first-order chi connectivity index (χ1) is 19.6. The van der Waals surface area contributed by atoms with Gasteiger partial charge in [-0.25, -0.2) is 25.9 Å². The van der Waals surface area contributed by atoms with E-state index in [2.05, 4.69) is 19.7 Å². The molecule has 2 N–H and O–H groups in total. The smallest absolute Gasteiger partial charge is 0.266 e. The van der Waals surface area contributed by atoms with E-state index in [9.17, 15) is 21.2 Å². The van der Waals surface area contributed by atoms with E-state index in [0.29, 0.717) is 22.3 Å². The maximum Gasteiger partial charge on any atom is 0.266 e. The van der Waals surface area contributed by atoms with Crippen LogP contribution in [-0.2, 0) is 33.1 Å². The number of nitrogens with one attached hydrogen (secondary N) is 2. The van der Waals surface area contributed by atoms with Crippen LogP contribution in [0.2, 0.25) is 0 Å². The molecule has 3 aromatic carbocycles. The lowest BCUT2D eigenvalue weighted by molar-refractivity contribution is 0.403. The van der Waals surface area contributed by atoms with Crippen molar-refractivity contribution in [1.82, 2.24) is 19.7 Å². The number of hydrogen-bond donors (Lipinski definition) is 2. The number of aromatic nitrogens is 3. The molecule has 2 aromatic heterocycles. The van der Waals surface area contributed by atoms with Crippen molar-refractivity contribution in [2.24, 2.45) is 0 Å². The topological polar surface area (TPSA) is 155 Å². The van der Waals surface area contributed by atoms with E-state index in [4.69, 9.17) is 14.0 Å². The first kappa shape index (κ1) is 28.1. The summed E-state index contributed by atoms with van der Waals surface area (Å²) in [5.74, 6) is -0.0975. The molecule has 41 heavy (non-hydrogen) atoms. The largest absolute Gasteiger partial charge is 0.496 e. The Bertz CT molecular complexity index is 1920. The minimum absolute atomic E-state index is 0.0279. The fraction of sp³-hybridized carbons (Fsp3) is 0.154. The van der Waals surface area contributed by atoms with Gasteiger partial charge in [-0.15, -0.1) is 0 Å². The molecule has 5 rings (SSSR count). The van der Waals surface area contributed by atoms with E-state index < -0.39 is 25.9 Å². The molecule has 0 bridgehead atoms. The molecule has 15 heteroatoms. The number of halogens is 1. The highest BCUT2D eigenvalue weighted by Crippen LogP contribution is 2.35. The number of fused-ring (bicyclic) bond motifs is 1. The molecule has 214 valence electrons. The van der Waals surface area contributed by atoms with Crippen LogP contribution in [0.3, 0.4) is 0 Å². The zero-order valence-corrected chi connectivity index (χ0v) is 23.4. The maximum atomic E-state index is 13.1. The Labute approximate surface area is 234 Å². The highest BCUT2D eigenvalue weighted by atomic mass is 32.2. The third kappa shape index (κ3) is 6.01. The predicted octanol–water partition coefficient (Wildman–Crippen LogP) is 3.51. The monoisotopic (exact) mass is 601 g/mol. The predicted molar refractivity (Wildman–Crippen MR) is 146 cm³/mol. The molecule has 0 amide bonds. The fourth-order valence-corrected chi connectivity index (χ4v) is 6.28. The number of anilines is 1. The van der Waals surface area contributed by atoms with Gasteiger partial charge in [-0.2, -0.15) is 5.10 Å². The molecular formula is C26H24FN5O7S2. The van der Waals surface area contributed by atoms with Gasteiger partial charge in [-0.3, -0.25) is 9.40 Å². The normalized spacial score (nSPS) is 12.0. The lowest BCUT2D eigenvalue weighted by Crippen LogP contribution is -2.23. The Morgan fingerprint density at radius 2 is 1.66 bits per heavy atom. The first-order valence-corrected chi connectivity index (χ1v) is 14.9. The maximum absolute atomic E-state index is 13.1. The van der Waals surface area contributed by atoms with Crippen LogP contribution < -0.4 is 18.9 Å². The summed E-state index contributed by atoms with van der Waals surface area (Å²) >= 11 is 0. The van der Waals surface area contributed by atoms with Gasteiger partial charge in [0.15, 0.2) is 11.4 Å². The van der Waals surface area contributed by atoms with Crippen molar-refractivity contribution >= 4 is 36.8 Å². The van der Waals surface area contributed by atoms with Gasteiger partial charge in [0.1, 0.15) is 27.6 Å². The van der Waals surface area contributed by atoms with Crippen LogP contribution in [0.1, 0.15) is 11.1 Å². The number of sulfonamides is 2. The molecule has 0 aliphatic heterocycles. The molecule has 0 saturated heterocycles. The number of hydrogen-bond acceptors (Lipinski definition) is 9. The molecule has 12 nitrogen and oxygen atoms in total. The first-order valence-electron chi connectivity index (χ1n) is 12.0. The second kappa shape index (κ2) is 11.2. The van der Waals surface area contributed by atoms with Gasteiger partial charge in [0.2, 0.25) is 10.0 Å². The minimum Gasteiger partial charge on any atom is -0.496 e. The summed E-state index contributed by atoms with van der Waals surface area (Å²) in [7, 11) is -5.09. The van der Waals surface area contributed by atoms with Gasteiger partial charge >= 0.3 is 0 Å². The third-order valence-corrected chi connectivity index (χ3v) is 8.82. The zero-order valence-electron chi connectivity index (χ0n) is 21.7. The van der Waals surface area contributed by atoms with E-state index in [-0.39, 0.29) is 40.0 Å². The van der Waals surface area contributed by atoms with E-state index in [1.165, 1.54) is 44.7 Å². The molecule has 0 radical (unpaired) electrons. The van der Waals surface area contributed by atoms with Gasteiger partial charge in [0.25, 0.3) is 10.0 Å². The van der Waals surface area contributed by atoms with Gasteiger partial charge in [0, 0.05) is 18.3 Å². The van der Waals surface area contributed by atoms with Crippen LogP contribution in [0.5, 0.6) is 11.5 Å². The van der Waals surface area contributed by atoms with E-state index >= 15 is 0 Å². The summed E-state index contributed by atoms with van der Waals surface area (Å²) in [6, 6.07) is 14.0. The van der Waals surface area contributed by atoms with E-state index in [0.717, 1.165) is 12.1 Å². The molecule has 0 aliphatic carbocycles. The van der Waals surface area contributed by atoms with Gasteiger partial charge in [-0.05, 0) is 54.1 Å². The van der Waals surface area contributed by atoms with Crippen molar-refractivity contribution in [2.75, 3.05) is 18.9 Å². The molecule has 0 aliphatic rings. The van der Waals surface area contributed by atoms with Gasteiger partial charge in [0.05, 0.1) is 31.9 Å². The van der Waals surface area contributed by atoms with Gasteiger partial charge in [-0.1, -0.05) is 17.3 Å². The average Bonchev–Trinajstić information content (AvgIpc) is 3.58. The van der Waals surface area contributed by atoms with Crippen LogP contribution in [0, 0.1) is 5.82 Å². The standard InChI is InChI=1S/C26H24FN5O7S2/c1-37-21-5-3-4-6-24(21)41(35,36)31-26-25-22(38-2)11-17(12-23(25)39-30-26)15-32-16-18(13-28-32)14-29-40(33,34)20-9-7-19(27)8-10-20/h3-13,16,29H,14-15H2,1-2H3,(H,30,31). The van der Waals surface area contributed by atoms with E-state index in [1.807, 2.05) is 0 Å². The van der Waals surface area contributed by atoms with Crippen LogP contribution in [0.4, 0.5) is 10.2 Å². The summed E-state index contributed by atoms with van der Waals surface area (Å²) in [4.78, 5) is -0.119. The van der Waals surface area contributed by atoms with Crippen molar-refractivity contribution in [3.05, 3.63) is 90.0 Å². The van der Waals surface area contributed by atoms with Crippen molar-refractivity contribution in [2.45, 2.75) is 22.9 Å². The highest BCUT2D eigenvalue weighted by molar-refractivity contribution is 7.92. The third-order valence-electron chi connectivity index (χ3n) is 6.03.